The molecule has 0 spiro atoms. The first-order valence-electron chi connectivity index (χ1n) is 6.28. The first-order chi connectivity index (χ1) is 9.69. The lowest BCUT2D eigenvalue weighted by atomic mass is 10.0. The number of halogens is 1. The fraction of sp³-hybridized carbons (Fsp3) is 0.188. The standard InChI is InChI=1S/C16H13FO3/c1-19-13-4-2-3-11(9-13)14(18)16-15(20-16)10-5-7-12(17)8-6-10/h2-9,15-16H,1H3. The van der Waals surface area contributed by atoms with E-state index in [1.54, 1.807) is 43.5 Å². The molecule has 0 N–H and O–H groups in total. The SMILES string of the molecule is COc1cccc(C(=O)C2OC2c2ccc(F)cc2)c1. The third-order valence-electron chi connectivity index (χ3n) is 3.30. The van der Waals surface area contributed by atoms with E-state index in [1.165, 1.54) is 12.1 Å². The van der Waals surface area contributed by atoms with Crippen molar-refractivity contribution in [1.82, 2.24) is 0 Å². The van der Waals surface area contributed by atoms with Crippen molar-refractivity contribution in [3.8, 4) is 5.75 Å². The van der Waals surface area contributed by atoms with Crippen LogP contribution >= 0.6 is 0 Å². The number of carbonyl (C=O) groups excluding carboxylic acids is 1. The number of ketones is 1. The Morgan fingerprint density at radius 3 is 2.65 bits per heavy atom. The van der Waals surface area contributed by atoms with Crippen LogP contribution in [0.4, 0.5) is 4.39 Å². The maximum atomic E-state index is 12.9. The number of epoxide rings is 1. The fourth-order valence-corrected chi connectivity index (χ4v) is 2.16. The van der Waals surface area contributed by atoms with E-state index >= 15 is 0 Å². The van der Waals surface area contributed by atoms with E-state index in [0.717, 1.165) is 5.56 Å². The van der Waals surface area contributed by atoms with Crippen LogP contribution in [0.3, 0.4) is 0 Å². The molecule has 0 amide bonds. The average Bonchev–Trinajstić information content (AvgIpc) is 3.28. The lowest BCUT2D eigenvalue weighted by Gasteiger charge is -2.02. The fourth-order valence-electron chi connectivity index (χ4n) is 2.16. The monoisotopic (exact) mass is 272 g/mol. The molecule has 3 rings (SSSR count). The summed E-state index contributed by atoms with van der Waals surface area (Å²) in [6.45, 7) is 0. The highest BCUT2D eigenvalue weighted by Gasteiger charge is 2.46. The lowest BCUT2D eigenvalue weighted by Crippen LogP contribution is -2.08. The lowest BCUT2D eigenvalue weighted by molar-refractivity contribution is 0.0953. The number of rotatable bonds is 4. The summed E-state index contributed by atoms with van der Waals surface area (Å²) in [5.74, 6) is 0.248. The predicted octanol–water partition coefficient (Wildman–Crippen LogP) is 3.16. The molecular weight excluding hydrogens is 259 g/mol. The minimum absolute atomic E-state index is 0.0850. The molecule has 0 aliphatic carbocycles. The highest BCUT2D eigenvalue weighted by molar-refractivity contribution is 6.01. The zero-order valence-electron chi connectivity index (χ0n) is 10.9. The van der Waals surface area contributed by atoms with Crippen molar-refractivity contribution in [1.29, 1.82) is 0 Å². The van der Waals surface area contributed by atoms with E-state index in [-0.39, 0.29) is 17.7 Å². The summed E-state index contributed by atoms with van der Waals surface area (Å²) in [4.78, 5) is 12.3. The topological polar surface area (TPSA) is 38.8 Å². The molecule has 0 aromatic heterocycles. The molecule has 1 heterocycles. The summed E-state index contributed by atoms with van der Waals surface area (Å²) in [7, 11) is 1.55. The van der Waals surface area contributed by atoms with Crippen molar-refractivity contribution >= 4 is 5.78 Å². The van der Waals surface area contributed by atoms with E-state index in [2.05, 4.69) is 0 Å². The molecule has 0 saturated carbocycles. The molecule has 1 fully saturated rings. The Hall–Kier alpha value is -2.20. The molecule has 2 unspecified atom stereocenters. The van der Waals surface area contributed by atoms with Gasteiger partial charge in [-0.1, -0.05) is 24.3 Å². The van der Waals surface area contributed by atoms with Crippen LogP contribution < -0.4 is 4.74 Å². The normalized spacial score (nSPS) is 20.5. The predicted molar refractivity (Wildman–Crippen MR) is 71.3 cm³/mol. The van der Waals surface area contributed by atoms with Crippen molar-refractivity contribution in [3.05, 3.63) is 65.5 Å². The van der Waals surface area contributed by atoms with E-state index < -0.39 is 6.10 Å². The van der Waals surface area contributed by atoms with Crippen molar-refractivity contribution in [2.75, 3.05) is 7.11 Å². The number of ether oxygens (including phenoxy) is 2. The number of methoxy groups -OCH3 is 1. The average molecular weight is 272 g/mol. The zero-order valence-corrected chi connectivity index (χ0v) is 10.9. The number of benzene rings is 2. The van der Waals surface area contributed by atoms with Gasteiger partial charge >= 0.3 is 0 Å². The van der Waals surface area contributed by atoms with Crippen LogP contribution in [0.1, 0.15) is 22.0 Å². The summed E-state index contributed by atoms with van der Waals surface area (Å²) in [6.07, 6.45) is -0.776. The summed E-state index contributed by atoms with van der Waals surface area (Å²) >= 11 is 0. The molecule has 2 aromatic carbocycles. The largest absolute Gasteiger partial charge is 0.497 e. The Kier molecular flexibility index (Phi) is 3.24. The van der Waals surface area contributed by atoms with Crippen molar-refractivity contribution in [2.45, 2.75) is 12.2 Å². The van der Waals surface area contributed by atoms with Gasteiger partial charge in [-0.3, -0.25) is 4.79 Å². The number of hydrogen-bond donors (Lipinski definition) is 0. The molecule has 1 aliphatic heterocycles. The van der Waals surface area contributed by atoms with Crippen molar-refractivity contribution < 1.29 is 18.7 Å². The van der Waals surface area contributed by atoms with E-state index in [4.69, 9.17) is 9.47 Å². The Balaban J connectivity index is 1.75. The van der Waals surface area contributed by atoms with Gasteiger partial charge in [0.1, 0.15) is 17.7 Å². The Morgan fingerprint density at radius 1 is 1.20 bits per heavy atom. The second-order valence-electron chi connectivity index (χ2n) is 4.63. The van der Waals surface area contributed by atoms with Gasteiger partial charge in [-0.05, 0) is 29.8 Å². The van der Waals surface area contributed by atoms with Gasteiger partial charge in [0.25, 0.3) is 0 Å². The van der Waals surface area contributed by atoms with Crippen molar-refractivity contribution in [2.24, 2.45) is 0 Å². The first-order valence-corrected chi connectivity index (χ1v) is 6.28. The molecule has 3 nitrogen and oxygen atoms in total. The summed E-state index contributed by atoms with van der Waals surface area (Å²) in [5.41, 5.74) is 1.37. The minimum Gasteiger partial charge on any atom is -0.497 e. The third-order valence-corrected chi connectivity index (χ3v) is 3.30. The summed E-state index contributed by atoms with van der Waals surface area (Å²) in [5, 5.41) is 0. The Labute approximate surface area is 115 Å². The van der Waals surface area contributed by atoms with Gasteiger partial charge in [0, 0.05) is 5.56 Å². The maximum absolute atomic E-state index is 12.9. The molecule has 1 saturated heterocycles. The van der Waals surface area contributed by atoms with Crippen LogP contribution in [0.5, 0.6) is 5.75 Å². The van der Waals surface area contributed by atoms with Crippen molar-refractivity contribution in [3.63, 3.8) is 0 Å². The molecular formula is C16H13FO3. The van der Waals surface area contributed by atoms with Crippen LogP contribution in [-0.2, 0) is 4.74 Å². The highest BCUT2D eigenvalue weighted by atomic mass is 19.1. The zero-order chi connectivity index (χ0) is 14.1. The second-order valence-corrected chi connectivity index (χ2v) is 4.63. The van der Waals surface area contributed by atoms with Gasteiger partial charge in [-0.25, -0.2) is 4.39 Å². The molecule has 4 heteroatoms. The van der Waals surface area contributed by atoms with Crippen LogP contribution in [0, 0.1) is 5.82 Å². The van der Waals surface area contributed by atoms with Gasteiger partial charge in [-0.15, -0.1) is 0 Å². The maximum Gasteiger partial charge on any atom is 0.194 e. The molecule has 1 aliphatic rings. The molecule has 20 heavy (non-hydrogen) atoms. The van der Waals surface area contributed by atoms with Crippen LogP contribution in [-0.4, -0.2) is 19.0 Å². The summed E-state index contributed by atoms with van der Waals surface area (Å²) < 4.78 is 23.4. The second kappa shape index (κ2) is 5.06. The highest BCUT2D eigenvalue weighted by Crippen LogP contribution is 2.40. The summed E-state index contributed by atoms with van der Waals surface area (Å²) in [6, 6.07) is 13.0. The van der Waals surface area contributed by atoms with E-state index in [1.807, 2.05) is 0 Å². The molecule has 2 atom stereocenters. The van der Waals surface area contributed by atoms with Gasteiger partial charge < -0.3 is 9.47 Å². The van der Waals surface area contributed by atoms with Gasteiger partial charge in [0.2, 0.25) is 0 Å². The van der Waals surface area contributed by atoms with Gasteiger partial charge in [-0.2, -0.15) is 0 Å². The van der Waals surface area contributed by atoms with E-state index in [9.17, 15) is 9.18 Å². The van der Waals surface area contributed by atoms with E-state index in [0.29, 0.717) is 11.3 Å². The molecule has 0 radical (unpaired) electrons. The number of carbonyl (C=O) groups is 1. The minimum atomic E-state index is -0.493. The smallest absolute Gasteiger partial charge is 0.194 e. The first kappa shape index (κ1) is 12.8. The Morgan fingerprint density at radius 2 is 1.95 bits per heavy atom. The molecule has 2 aromatic rings. The van der Waals surface area contributed by atoms with Crippen LogP contribution in [0.25, 0.3) is 0 Å². The third kappa shape index (κ3) is 2.42. The number of hydrogen-bond acceptors (Lipinski definition) is 3. The Bertz CT molecular complexity index is 636. The number of Topliss-reactive ketones (excluding diaryl/α,β-unsaturated/α-hetero) is 1. The van der Waals surface area contributed by atoms with Crippen LogP contribution in [0.15, 0.2) is 48.5 Å². The molecule has 102 valence electrons. The van der Waals surface area contributed by atoms with Gasteiger partial charge in [0.05, 0.1) is 7.11 Å². The quantitative estimate of drug-likeness (QED) is 0.634. The van der Waals surface area contributed by atoms with Crippen LogP contribution in [0.2, 0.25) is 0 Å². The van der Waals surface area contributed by atoms with Gasteiger partial charge in [0.15, 0.2) is 11.9 Å². The molecule has 0 bridgehead atoms.